The summed E-state index contributed by atoms with van der Waals surface area (Å²) in [6, 6.07) is 0. The van der Waals surface area contributed by atoms with Gasteiger partial charge in [-0.1, -0.05) is 38.5 Å². The van der Waals surface area contributed by atoms with E-state index in [4.69, 9.17) is 0 Å². The molecule has 1 nitrogen and oxygen atoms in total. The molecule has 0 aromatic carbocycles. The smallest absolute Gasteiger partial charge is 0.155 e. The normalized spacial score (nSPS) is 28.5. The highest BCUT2D eigenvalue weighted by molar-refractivity contribution is 5.92. The quantitative estimate of drug-likeness (QED) is 0.626. The monoisotopic (exact) mass is 206 g/mol. The van der Waals surface area contributed by atoms with E-state index in [1.807, 2.05) is 13.0 Å². The highest BCUT2D eigenvalue weighted by Crippen LogP contribution is 2.44. The first-order chi connectivity index (χ1) is 6.82. The number of carbonyl (C=O) groups is 1. The third-order valence-corrected chi connectivity index (χ3v) is 3.28. The zero-order chi connectivity index (χ0) is 11.6. The summed E-state index contributed by atoms with van der Waals surface area (Å²) in [6.45, 7) is 10.4. The first-order valence-electron chi connectivity index (χ1n) is 5.70. The molecule has 0 aliphatic heterocycles. The Bertz CT molecular complexity index is 318. The second kappa shape index (κ2) is 4.34. The van der Waals surface area contributed by atoms with E-state index in [2.05, 4.69) is 26.8 Å². The van der Waals surface area contributed by atoms with Gasteiger partial charge in [-0.25, -0.2) is 0 Å². The maximum Gasteiger partial charge on any atom is 0.155 e. The van der Waals surface area contributed by atoms with Crippen molar-refractivity contribution in [3.63, 3.8) is 0 Å². The minimum absolute atomic E-state index is 0.164. The molecule has 1 heteroatoms. The zero-order valence-electron chi connectivity index (χ0n) is 10.6. The summed E-state index contributed by atoms with van der Waals surface area (Å²) >= 11 is 0. The Kier molecular flexibility index (Phi) is 3.54. The van der Waals surface area contributed by atoms with Crippen LogP contribution in [0.15, 0.2) is 23.3 Å². The minimum atomic E-state index is 0.164. The minimum Gasteiger partial charge on any atom is -0.295 e. The summed E-state index contributed by atoms with van der Waals surface area (Å²) in [5.74, 6) is 0.827. The van der Waals surface area contributed by atoms with Crippen molar-refractivity contribution in [1.82, 2.24) is 0 Å². The van der Waals surface area contributed by atoms with Gasteiger partial charge in [0.2, 0.25) is 0 Å². The van der Waals surface area contributed by atoms with Gasteiger partial charge in [0.25, 0.3) is 0 Å². The van der Waals surface area contributed by atoms with E-state index in [1.165, 1.54) is 12.0 Å². The molecule has 0 radical (unpaired) electrons. The van der Waals surface area contributed by atoms with Crippen LogP contribution in [-0.2, 0) is 4.79 Å². The fraction of sp³-hybridized carbons (Fsp3) is 0.643. The Balaban J connectivity index is 2.78. The third-order valence-electron chi connectivity index (χ3n) is 3.28. The fourth-order valence-electron chi connectivity index (χ4n) is 2.33. The molecular formula is C14H22O. The molecule has 1 fully saturated rings. The number of carbonyl (C=O) groups excluding carboxylic acids is 1. The van der Waals surface area contributed by atoms with Crippen LogP contribution >= 0.6 is 0 Å². The Hall–Kier alpha value is -0.850. The van der Waals surface area contributed by atoms with Crippen molar-refractivity contribution >= 4 is 5.78 Å². The molecule has 0 aromatic rings. The summed E-state index contributed by atoms with van der Waals surface area (Å²) in [7, 11) is 0. The molecule has 0 heterocycles. The molecule has 1 aliphatic rings. The third kappa shape index (κ3) is 3.33. The van der Waals surface area contributed by atoms with E-state index in [1.54, 1.807) is 6.92 Å². The number of Topliss-reactive ketones (excluding diaryl/α,β-unsaturated/α-hetero) is 1. The van der Waals surface area contributed by atoms with Gasteiger partial charge >= 0.3 is 0 Å². The predicted octanol–water partition coefficient (Wildman–Crippen LogP) is 3.90. The van der Waals surface area contributed by atoms with Crippen LogP contribution < -0.4 is 0 Å². The van der Waals surface area contributed by atoms with Crippen LogP contribution in [0.2, 0.25) is 0 Å². The van der Waals surface area contributed by atoms with E-state index in [-0.39, 0.29) is 5.78 Å². The van der Waals surface area contributed by atoms with Crippen molar-refractivity contribution in [1.29, 1.82) is 0 Å². The van der Waals surface area contributed by atoms with E-state index >= 15 is 0 Å². The number of ketones is 1. The van der Waals surface area contributed by atoms with E-state index in [0.717, 1.165) is 12.0 Å². The molecule has 0 amide bonds. The number of rotatable bonds is 2. The van der Waals surface area contributed by atoms with Crippen LogP contribution in [0.1, 0.15) is 47.5 Å². The molecular weight excluding hydrogens is 184 g/mol. The van der Waals surface area contributed by atoms with Crippen molar-refractivity contribution in [2.45, 2.75) is 47.5 Å². The maximum atomic E-state index is 11.1. The van der Waals surface area contributed by atoms with Crippen LogP contribution in [0.4, 0.5) is 0 Å². The summed E-state index contributed by atoms with van der Waals surface area (Å²) in [4.78, 5) is 11.1. The molecule has 15 heavy (non-hydrogen) atoms. The Morgan fingerprint density at radius 1 is 1.40 bits per heavy atom. The molecule has 1 unspecified atom stereocenters. The largest absolute Gasteiger partial charge is 0.295 e. The molecule has 1 saturated carbocycles. The zero-order valence-corrected chi connectivity index (χ0v) is 10.6. The van der Waals surface area contributed by atoms with Crippen molar-refractivity contribution in [3.05, 3.63) is 23.3 Å². The summed E-state index contributed by atoms with van der Waals surface area (Å²) in [5, 5.41) is 0. The Morgan fingerprint density at radius 3 is 2.40 bits per heavy atom. The van der Waals surface area contributed by atoms with E-state index in [0.29, 0.717) is 11.3 Å². The van der Waals surface area contributed by atoms with Crippen LogP contribution in [0.25, 0.3) is 0 Å². The topological polar surface area (TPSA) is 17.1 Å². The molecule has 1 aliphatic carbocycles. The maximum absolute atomic E-state index is 11.1. The van der Waals surface area contributed by atoms with Gasteiger partial charge in [0.15, 0.2) is 5.78 Å². The van der Waals surface area contributed by atoms with Crippen molar-refractivity contribution in [3.8, 4) is 0 Å². The average Bonchev–Trinajstić information content (AvgIpc) is 2.35. The molecule has 0 spiro atoms. The fourth-order valence-corrected chi connectivity index (χ4v) is 2.33. The molecule has 0 bridgehead atoms. The molecule has 1 rings (SSSR count). The first-order valence-corrected chi connectivity index (χ1v) is 5.70. The Morgan fingerprint density at radius 2 is 2.00 bits per heavy atom. The van der Waals surface area contributed by atoms with Crippen molar-refractivity contribution < 1.29 is 4.79 Å². The first kappa shape index (κ1) is 12.2. The van der Waals surface area contributed by atoms with Gasteiger partial charge in [-0.05, 0) is 43.6 Å². The van der Waals surface area contributed by atoms with Crippen molar-refractivity contribution in [2.75, 3.05) is 0 Å². The highest BCUT2D eigenvalue weighted by atomic mass is 16.1. The number of hydrogen-bond donors (Lipinski definition) is 0. The van der Waals surface area contributed by atoms with Crippen molar-refractivity contribution in [2.24, 2.45) is 11.3 Å². The van der Waals surface area contributed by atoms with Gasteiger partial charge in [-0.15, -0.1) is 0 Å². The second-order valence-electron chi connectivity index (χ2n) is 5.59. The summed E-state index contributed by atoms with van der Waals surface area (Å²) < 4.78 is 0. The molecule has 84 valence electrons. The van der Waals surface area contributed by atoms with Crippen LogP contribution in [-0.4, -0.2) is 5.78 Å². The lowest BCUT2D eigenvalue weighted by Crippen LogP contribution is -2.03. The second-order valence-corrected chi connectivity index (χ2v) is 5.59. The molecule has 0 saturated heterocycles. The van der Waals surface area contributed by atoms with Crippen LogP contribution in [0, 0.1) is 11.3 Å². The van der Waals surface area contributed by atoms with Gasteiger partial charge in [-0.3, -0.25) is 4.79 Å². The molecule has 0 aromatic heterocycles. The SMILES string of the molecule is CC(=O)/C(C)=C/C=C1/CC(C)(C)CC1C. The predicted molar refractivity (Wildman–Crippen MR) is 64.7 cm³/mol. The number of hydrogen-bond acceptors (Lipinski definition) is 1. The average molecular weight is 206 g/mol. The van der Waals surface area contributed by atoms with E-state index in [9.17, 15) is 4.79 Å². The van der Waals surface area contributed by atoms with E-state index < -0.39 is 0 Å². The van der Waals surface area contributed by atoms with Crippen LogP contribution in [0.3, 0.4) is 0 Å². The summed E-state index contributed by atoms with van der Waals surface area (Å²) in [6.07, 6.45) is 6.54. The lowest BCUT2D eigenvalue weighted by atomic mass is 9.91. The lowest BCUT2D eigenvalue weighted by molar-refractivity contribution is -0.113. The standard InChI is InChI=1S/C14H22O/c1-10(12(3)15)6-7-13-9-14(4,5)8-11(13)2/h6-7,11H,8-9H2,1-5H3/b10-6+,13-7-. The van der Waals surface area contributed by atoms with Crippen LogP contribution in [0.5, 0.6) is 0 Å². The molecule has 1 atom stereocenters. The highest BCUT2D eigenvalue weighted by Gasteiger charge is 2.31. The Labute approximate surface area is 93.3 Å². The molecule has 0 N–H and O–H groups in total. The number of allylic oxidation sites excluding steroid dienone is 4. The van der Waals surface area contributed by atoms with Gasteiger partial charge in [-0.2, -0.15) is 0 Å². The summed E-state index contributed by atoms with van der Waals surface area (Å²) in [5.41, 5.74) is 2.77. The van der Waals surface area contributed by atoms with Gasteiger partial charge < -0.3 is 0 Å². The lowest BCUT2D eigenvalue weighted by Gasteiger charge is -2.14. The van der Waals surface area contributed by atoms with Gasteiger partial charge in [0.05, 0.1) is 0 Å². The van der Waals surface area contributed by atoms with Gasteiger partial charge in [0, 0.05) is 0 Å². The van der Waals surface area contributed by atoms with Gasteiger partial charge in [0.1, 0.15) is 0 Å².